The van der Waals surface area contributed by atoms with E-state index in [1.807, 2.05) is 0 Å². The van der Waals surface area contributed by atoms with Crippen molar-refractivity contribution in [2.75, 3.05) is 13.1 Å². The van der Waals surface area contributed by atoms with Gasteiger partial charge in [-0.3, -0.25) is 0 Å². The highest BCUT2D eigenvalue weighted by Gasteiger charge is 1.56. The Morgan fingerprint density at radius 1 is 2.00 bits per heavy atom. The van der Waals surface area contributed by atoms with E-state index in [-0.39, 0.29) is 12.4 Å². The maximum Gasteiger partial charge on any atom is 0.0577 e. The normalized spacial score (nSPS) is 23.6. The number of hydrogen-bond donors (Lipinski definition) is 2. The third-order valence-electron chi connectivity index (χ3n) is 0.0645. The monoisotopic (exact) mass is 101 g/mol. The molecule has 0 aliphatic carbocycles. The van der Waals surface area contributed by atoms with Gasteiger partial charge in [-0.1, -0.05) is 0 Å². The first-order valence-corrected chi connectivity index (χ1v) is 0.762. The molecule has 34 valence electrons. The van der Waals surface area contributed by atoms with E-state index in [0.717, 1.165) is 0 Å². The van der Waals surface area contributed by atoms with Crippen molar-refractivity contribution in [2.45, 2.75) is 0 Å². The van der Waals surface area contributed by atoms with Gasteiger partial charge in [0.25, 0.3) is 0 Å². The van der Waals surface area contributed by atoms with E-state index < -0.39 is 13.1 Å². The third-order valence-corrected chi connectivity index (χ3v) is 0.0645. The van der Waals surface area contributed by atoms with Gasteiger partial charge in [0.15, 0.2) is 0 Å². The molecule has 3 N–H and O–H groups in total. The molecule has 0 aliphatic rings. The third kappa shape index (κ3) is 14.0. The van der Waals surface area contributed by atoms with Crippen LogP contribution in [0, 0.1) is 0 Å². The van der Waals surface area contributed by atoms with Crippen LogP contribution in [0.4, 0.5) is 0 Å². The molecule has 2 nitrogen and oxygen atoms in total. The molecular weight excluding hydrogens is 89.5 g/mol. The first-order valence-electron chi connectivity index (χ1n) is 2.76. The summed E-state index contributed by atoms with van der Waals surface area (Å²) in [5, 5.41) is 8.19. The van der Waals surface area contributed by atoms with Crippen LogP contribution in [0.15, 0.2) is 0 Å². The molecule has 0 saturated heterocycles. The highest BCUT2D eigenvalue weighted by atomic mass is 35.5. The fourth-order valence-corrected chi connectivity index (χ4v) is 0. The van der Waals surface area contributed by atoms with Crippen molar-refractivity contribution < 1.29 is 10.6 Å². The second kappa shape index (κ2) is 8.88. The van der Waals surface area contributed by atoms with Gasteiger partial charge in [0.2, 0.25) is 0 Å². The molecule has 0 unspecified atom stereocenters. The Bertz CT molecular complexity index is 73.5. The van der Waals surface area contributed by atoms with Gasteiger partial charge in [-0.2, -0.15) is 0 Å². The lowest BCUT2D eigenvalue weighted by molar-refractivity contribution is 0.306. The Morgan fingerprint density at radius 3 is 2.20 bits per heavy atom. The number of hydrogen-bond acceptors (Lipinski definition) is 2. The standard InChI is InChI=1S/C2H7NO.ClH/c3-1-2-4;/h4H,1-3H2;1H/i1D2,2D2;. The molecular formula is C2H8ClNO. The van der Waals surface area contributed by atoms with Crippen LogP contribution in [0.5, 0.6) is 0 Å². The zero-order valence-electron chi connectivity index (χ0n) is 6.43. The molecule has 3 heteroatoms. The summed E-state index contributed by atoms with van der Waals surface area (Å²) in [6.45, 7) is -5.62. The summed E-state index contributed by atoms with van der Waals surface area (Å²) in [4.78, 5) is 0. The van der Waals surface area contributed by atoms with Crippen molar-refractivity contribution in [3.8, 4) is 0 Å². The minimum absolute atomic E-state index is 0. The molecule has 5 heavy (non-hydrogen) atoms. The molecule has 0 aromatic carbocycles. The highest BCUT2D eigenvalue weighted by Crippen LogP contribution is 1.33. The Morgan fingerprint density at radius 2 is 2.20 bits per heavy atom. The van der Waals surface area contributed by atoms with Crippen molar-refractivity contribution in [3.63, 3.8) is 0 Å². The number of rotatable bonds is 1. The Balaban J connectivity index is 0. The van der Waals surface area contributed by atoms with E-state index in [4.69, 9.17) is 10.6 Å². The first-order chi connectivity index (χ1) is 3.25. The molecule has 0 radical (unpaired) electrons. The van der Waals surface area contributed by atoms with Gasteiger partial charge in [-0.15, -0.1) is 12.4 Å². The van der Waals surface area contributed by atoms with Crippen molar-refractivity contribution in [2.24, 2.45) is 5.73 Å². The van der Waals surface area contributed by atoms with E-state index in [1.54, 1.807) is 0 Å². The summed E-state index contributed by atoms with van der Waals surface area (Å²) in [5.41, 5.74) is 4.52. The van der Waals surface area contributed by atoms with Gasteiger partial charge < -0.3 is 10.8 Å². The minimum atomic E-state index is -2.95. The molecule has 0 aromatic heterocycles. The smallest absolute Gasteiger partial charge is 0.0577 e. The van der Waals surface area contributed by atoms with Gasteiger partial charge in [-0.25, -0.2) is 0 Å². The number of nitrogens with two attached hydrogens (primary N) is 1. The van der Waals surface area contributed by atoms with Gasteiger partial charge in [0, 0.05) is 9.24 Å². The molecule has 0 rings (SSSR count). The van der Waals surface area contributed by atoms with Gasteiger partial charge in [0.1, 0.15) is 0 Å². The number of aliphatic hydroxyl groups is 1. The molecule has 0 saturated carbocycles. The Hall–Kier alpha value is 0.210. The summed E-state index contributed by atoms with van der Waals surface area (Å²) in [5.74, 6) is 0. The van der Waals surface area contributed by atoms with Crippen LogP contribution in [0.2, 0.25) is 0 Å². The summed E-state index contributed by atoms with van der Waals surface area (Å²) in [7, 11) is 0. The topological polar surface area (TPSA) is 46.2 Å². The quantitative estimate of drug-likeness (QED) is 0.462. The van der Waals surface area contributed by atoms with E-state index in [1.165, 1.54) is 0 Å². The fraction of sp³-hybridized carbons (Fsp3) is 1.00. The van der Waals surface area contributed by atoms with Crippen molar-refractivity contribution in [1.29, 1.82) is 0 Å². The van der Waals surface area contributed by atoms with Crippen LogP contribution < -0.4 is 5.73 Å². The predicted octanol–water partition coefficient (Wildman–Crippen LogP) is -0.641. The molecule has 0 fully saturated rings. The maximum absolute atomic E-state index is 8.19. The Labute approximate surface area is 43.0 Å². The van der Waals surface area contributed by atoms with Gasteiger partial charge in [0.05, 0.1) is 9.30 Å². The van der Waals surface area contributed by atoms with Crippen molar-refractivity contribution in [3.05, 3.63) is 0 Å². The van der Waals surface area contributed by atoms with E-state index >= 15 is 0 Å². The Kier molecular flexibility index (Phi) is 3.16. The molecule has 0 bridgehead atoms. The van der Waals surface area contributed by atoms with Crippen molar-refractivity contribution in [1.82, 2.24) is 0 Å². The lowest BCUT2D eigenvalue weighted by Crippen LogP contribution is -2.02. The molecule has 0 aliphatic heterocycles. The molecule has 0 atom stereocenters. The molecule has 0 spiro atoms. The number of halogens is 1. The predicted molar refractivity (Wildman–Crippen MR) is 23.4 cm³/mol. The van der Waals surface area contributed by atoms with E-state index in [9.17, 15) is 0 Å². The summed E-state index contributed by atoms with van der Waals surface area (Å²) >= 11 is 0. The zero-order valence-corrected chi connectivity index (χ0v) is 3.25. The lowest BCUT2D eigenvalue weighted by atomic mass is 10.8. The lowest BCUT2D eigenvalue weighted by Gasteiger charge is -1.71. The summed E-state index contributed by atoms with van der Waals surface area (Å²) < 4.78 is 25.4. The maximum atomic E-state index is 8.19. The van der Waals surface area contributed by atoms with Crippen LogP contribution >= 0.6 is 12.4 Å². The first kappa shape index (κ1) is 1.78. The average molecular weight is 102 g/mol. The SMILES string of the molecule is Cl.[2H]C([2H])(N)C([2H])([2H])O. The average Bonchev–Trinajstić information content (AvgIpc) is 1.25. The molecule has 0 aromatic rings. The fourth-order valence-electron chi connectivity index (χ4n) is 0. The van der Waals surface area contributed by atoms with Crippen LogP contribution in [0.1, 0.15) is 5.48 Å². The van der Waals surface area contributed by atoms with Crippen LogP contribution in [-0.4, -0.2) is 18.2 Å². The molecule has 0 amide bonds. The van der Waals surface area contributed by atoms with E-state index in [0.29, 0.717) is 0 Å². The zero-order chi connectivity index (χ0) is 7.00. The minimum Gasteiger partial charge on any atom is -0.395 e. The van der Waals surface area contributed by atoms with E-state index in [2.05, 4.69) is 5.73 Å². The second-order valence-corrected chi connectivity index (χ2v) is 0.256. The largest absolute Gasteiger partial charge is 0.395 e. The summed E-state index contributed by atoms with van der Waals surface area (Å²) in [6.07, 6.45) is 0. The van der Waals surface area contributed by atoms with Gasteiger partial charge >= 0.3 is 0 Å². The summed E-state index contributed by atoms with van der Waals surface area (Å²) in [6, 6.07) is 0. The molecule has 0 heterocycles. The van der Waals surface area contributed by atoms with Crippen LogP contribution in [0.3, 0.4) is 0 Å². The highest BCUT2D eigenvalue weighted by molar-refractivity contribution is 5.85. The van der Waals surface area contributed by atoms with Crippen molar-refractivity contribution >= 4 is 12.4 Å². The second-order valence-electron chi connectivity index (χ2n) is 0.256. The van der Waals surface area contributed by atoms with Gasteiger partial charge in [-0.05, 0) is 0 Å². The van der Waals surface area contributed by atoms with Crippen LogP contribution in [0.25, 0.3) is 0 Å². The van der Waals surface area contributed by atoms with Crippen LogP contribution in [-0.2, 0) is 0 Å².